The van der Waals surface area contributed by atoms with Gasteiger partial charge < -0.3 is 4.90 Å². The molecule has 0 saturated carbocycles. The molecular formula is C38H25N3S2. The fourth-order valence-corrected chi connectivity index (χ4v) is 7.30. The zero-order valence-electron chi connectivity index (χ0n) is 23.1. The van der Waals surface area contributed by atoms with Gasteiger partial charge >= 0.3 is 0 Å². The molecule has 5 heteroatoms. The third-order valence-corrected chi connectivity index (χ3v) is 9.54. The molecule has 1 aliphatic rings. The van der Waals surface area contributed by atoms with Crippen molar-refractivity contribution in [2.24, 2.45) is 0 Å². The standard InChI is InChI=1S/C38H25N3S2/c1-3-10-26(11-4-1)27-18-20-28(21-19-27)30-22-23-34-36(25-30)42-35-17-8-7-16-33(35)41(34)32-15-9-14-31(24-32)38-39-37(40-43-38)29-12-5-2-6-13-29/h1-25H. The van der Waals surface area contributed by atoms with Crippen molar-refractivity contribution in [3.05, 3.63) is 152 Å². The Kier molecular flexibility index (Phi) is 6.59. The number of fused-ring (bicyclic) bond motifs is 2. The summed E-state index contributed by atoms with van der Waals surface area (Å²) < 4.78 is 4.65. The van der Waals surface area contributed by atoms with Crippen LogP contribution in [0.15, 0.2) is 161 Å². The van der Waals surface area contributed by atoms with Crippen molar-refractivity contribution >= 4 is 40.4 Å². The van der Waals surface area contributed by atoms with Crippen LogP contribution in [0.1, 0.15) is 0 Å². The summed E-state index contributed by atoms with van der Waals surface area (Å²) in [5, 5.41) is 0.912. The average molecular weight is 588 g/mol. The minimum Gasteiger partial charge on any atom is -0.308 e. The topological polar surface area (TPSA) is 29.0 Å². The highest BCUT2D eigenvalue weighted by Crippen LogP contribution is 2.52. The predicted molar refractivity (Wildman–Crippen MR) is 180 cm³/mol. The lowest BCUT2D eigenvalue weighted by atomic mass is 10.00. The van der Waals surface area contributed by atoms with Crippen molar-refractivity contribution < 1.29 is 0 Å². The summed E-state index contributed by atoms with van der Waals surface area (Å²) in [6.07, 6.45) is 0. The molecule has 8 rings (SSSR count). The minimum atomic E-state index is 0.764. The van der Waals surface area contributed by atoms with E-state index in [1.165, 1.54) is 55.0 Å². The maximum atomic E-state index is 4.88. The number of para-hydroxylation sites is 1. The van der Waals surface area contributed by atoms with Gasteiger partial charge in [-0.1, -0.05) is 127 Å². The Balaban J connectivity index is 1.16. The second-order valence-corrected chi connectivity index (χ2v) is 12.2. The lowest BCUT2D eigenvalue weighted by molar-refractivity contribution is 1.17. The lowest BCUT2D eigenvalue weighted by Gasteiger charge is -2.33. The third kappa shape index (κ3) is 4.93. The van der Waals surface area contributed by atoms with Crippen molar-refractivity contribution in [3.63, 3.8) is 0 Å². The predicted octanol–water partition coefficient (Wildman–Crippen LogP) is 11.1. The van der Waals surface area contributed by atoms with Crippen LogP contribution in [0.2, 0.25) is 0 Å². The third-order valence-electron chi connectivity index (χ3n) is 7.66. The molecule has 0 fully saturated rings. The SMILES string of the molecule is c1ccc(-c2ccc(-c3ccc4c(c3)Sc3ccccc3N4c3cccc(-c4nc(-c5ccccc5)ns4)c3)cc2)cc1. The van der Waals surface area contributed by atoms with Crippen LogP contribution < -0.4 is 4.90 Å². The smallest absolute Gasteiger partial charge is 0.173 e. The van der Waals surface area contributed by atoms with E-state index in [1.54, 1.807) is 0 Å². The van der Waals surface area contributed by atoms with Gasteiger partial charge in [0.25, 0.3) is 0 Å². The molecule has 204 valence electrons. The number of rotatable bonds is 5. The van der Waals surface area contributed by atoms with Gasteiger partial charge in [0.05, 0.1) is 11.4 Å². The first kappa shape index (κ1) is 25.7. The van der Waals surface area contributed by atoms with Gasteiger partial charge in [-0.25, -0.2) is 4.98 Å². The molecule has 0 N–H and O–H groups in total. The molecule has 7 aromatic rings. The number of nitrogens with zero attached hydrogens (tertiary/aromatic N) is 3. The molecule has 0 unspecified atom stereocenters. The molecule has 2 heterocycles. The number of anilines is 3. The average Bonchev–Trinajstić information content (AvgIpc) is 3.59. The summed E-state index contributed by atoms with van der Waals surface area (Å²) in [5.41, 5.74) is 10.4. The molecule has 0 radical (unpaired) electrons. The number of benzene rings is 6. The fourth-order valence-electron chi connectivity index (χ4n) is 5.52. The fraction of sp³-hybridized carbons (Fsp3) is 0. The van der Waals surface area contributed by atoms with E-state index in [9.17, 15) is 0 Å². The molecule has 43 heavy (non-hydrogen) atoms. The van der Waals surface area contributed by atoms with Gasteiger partial charge in [-0.2, -0.15) is 4.37 Å². The van der Waals surface area contributed by atoms with Gasteiger partial charge in [-0.05, 0) is 70.2 Å². The highest BCUT2D eigenvalue weighted by molar-refractivity contribution is 7.99. The van der Waals surface area contributed by atoms with Crippen LogP contribution in [0.5, 0.6) is 0 Å². The Labute approximate surface area is 259 Å². The zero-order chi connectivity index (χ0) is 28.6. The molecule has 0 aliphatic carbocycles. The Hall–Kier alpha value is -4.97. The van der Waals surface area contributed by atoms with Gasteiger partial charge in [-0.3, -0.25) is 0 Å². The number of hydrogen-bond acceptors (Lipinski definition) is 5. The van der Waals surface area contributed by atoms with Crippen LogP contribution in [-0.2, 0) is 0 Å². The van der Waals surface area contributed by atoms with E-state index >= 15 is 0 Å². The minimum absolute atomic E-state index is 0.764. The Bertz CT molecular complexity index is 2050. The molecule has 6 aromatic carbocycles. The van der Waals surface area contributed by atoms with Crippen LogP contribution in [-0.4, -0.2) is 9.36 Å². The molecule has 0 spiro atoms. The molecule has 3 nitrogen and oxygen atoms in total. The number of hydrogen-bond donors (Lipinski definition) is 0. The van der Waals surface area contributed by atoms with Gasteiger partial charge in [0.2, 0.25) is 0 Å². The van der Waals surface area contributed by atoms with E-state index < -0.39 is 0 Å². The quantitative estimate of drug-likeness (QED) is 0.200. The van der Waals surface area contributed by atoms with Crippen LogP contribution in [0.25, 0.3) is 44.2 Å². The lowest BCUT2D eigenvalue weighted by Crippen LogP contribution is -2.14. The van der Waals surface area contributed by atoms with E-state index in [1.807, 2.05) is 42.1 Å². The first-order valence-corrected chi connectivity index (χ1v) is 15.8. The Morgan fingerprint density at radius 3 is 1.84 bits per heavy atom. The van der Waals surface area contributed by atoms with Gasteiger partial charge in [-0.15, -0.1) is 0 Å². The first-order valence-electron chi connectivity index (χ1n) is 14.2. The molecule has 0 bridgehead atoms. The van der Waals surface area contributed by atoms with Gasteiger partial charge in [0.15, 0.2) is 5.82 Å². The van der Waals surface area contributed by atoms with Crippen molar-refractivity contribution in [2.45, 2.75) is 9.79 Å². The van der Waals surface area contributed by atoms with Crippen LogP contribution >= 0.6 is 23.3 Å². The van der Waals surface area contributed by atoms with E-state index in [0.29, 0.717) is 0 Å². The summed E-state index contributed by atoms with van der Waals surface area (Å²) in [6, 6.07) is 53.6. The molecule has 0 saturated heterocycles. The Morgan fingerprint density at radius 2 is 1.05 bits per heavy atom. The van der Waals surface area contributed by atoms with Crippen LogP contribution in [0, 0.1) is 0 Å². The number of aromatic nitrogens is 2. The van der Waals surface area contributed by atoms with Crippen molar-refractivity contribution in [1.29, 1.82) is 0 Å². The summed E-state index contributed by atoms with van der Waals surface area (Å²) in [7, 11) is 0. The van der Waals surface area contributed by atoms with E-state index in [0.717, 1.165) is 27.6 Å². The summed E-state index contributed by atoms with van der Waals surface area (Å²) in [4.78, 5) is 9.72. The van der Waals surface area contributed by atoms with E-state index in [2.05, 4.69) is 131 Å². The highest BCUT2D eigenvalue weighted by atomic mass is 32.2. The van der Waals surface area contributed by atoms with Gasteiger partial charge in [0, 0.05) is 26.6 Å². The van der Waals surface area contributed by atoms with Crippen LogP contribution in [0.4, 0.5) is 17.1 Å². The van der Waals surface area contributed by atoms with E-state index in [-0.39, 0.29) is 0 Å². The highest BCUT2D eigenvalue weighted by Gasteiger charge is 2.25. The second-order valence-electron chi connectivity index (χ2n) is 10.4. The summed E-state index contributed by atoms with van der Waals surface area (Å²) >= 11 is 3.27. The monoisotopic (exact) mass is 587 g/mol. The first-order chi connectivity index (χ1) is 21.3. The van der Waals surface area contributed by atoms with Crippen LogP contribution in [0.3, 0.4) is 0 Å². The molecule has 1 aliphatic heterocycles. The van der Waals surface area contributed by atoms with Gasteiger partial charge in [0.1, 0.15) is 5.01 Å². The molecule has 1 aromatic heterocycles. The largest absolute Gasteiger partial charge is 0.308 e. The second kappa shape index (κ2) is 11.0. The zero-order valence-corrected chi connectivity index (χ0v) is 24.7. The Morgan fingerprint density at radius 1 is 0.442 bits per heavy atom. The summed E-state index contributed by atoms with van der Waals surface area (Å²) in [5.74, 6) is 0.764. The maximum Gasteiger partial charge on any atom is 0.173 e. The summed E-state index contributed by atoms with van der Waals surface area (Å²) in [6.45, 7) is 0. The normalized spacial score (nSPS) is 12.0. The van der Waals surface area contributed by atoms with Crippen molar-refractivity contribution in [1.82, 2.24) is 9.36 Å². The maximum absolute atomic E-state index is 4.88. The molecule has 0 amide bonds. The van der Waals surface area contributed by atoms with Crippen molar-refractivity contribution in [2.75, 3.05) is 4.90 Å². The molecule has 0 atom stereocenters. The van der Waals surface area contributed by atoms with E-state index in [4.69, 9.17) is 4.98 Å². The molecular weight excluding hydrogens is 563 g/mol. The van der Waals surface area contributed by atoms with Crippen molar-refractivity contribution in [3.8, 4) is 44.2 Å².